The molecule has 0 aliphatic carbocycles. The quantitative estimate of drug-likeness (QED) is 0.0783. The molecule has 0 radical (unpaired) electrons. The van der Waals surface area contributed by atoms with Crippen molar-refractivity contribution in [2.75, 3.05) is 19.4 Å². The van der Waals surface area contributed by atoms with Crippen LogP contribution in [-0.2, 0) is 37.3 Å². The molecule has 0 saturated heterocycles. The van der Waals surface area contributed by atoms with Gasteiger partial charge < -0.3 is 9.05 Å². The van der Waals surface area contributed by atoms with E-state index in [1.54, 1.807) is 0 Å². The molecule has 8 nitrogen and oxygen atoms in total. The Morgan fingerprint density at radius 1 is 0.313 bits per heavy atom. The number of alkyl halides is 35. The van der Waals surface area contributed by atoms with Gasteiger partial charge in [0, 0.05) is 6.42 Å². The Labute approximate surface area is 342 Å². The van der Waals surface area contributed by atoms with Crippen LogP contribution >= 0.6 is 7.60 Å². The molecule has 0 saturated carbocycles. The van der Waals surface area contributed by atoms with E-state index in [0.29, 0.717) is 0 Å². The maximum Gasteiger partial charge on any atom is 0.462 e. The third-order valence-corrected chi connectivity index (χ3v) is 8.90. The third kappa shape index (κ3) is 12.0. The van der Waals surface area contributed by atoms with Crippen LogP contribution < -0.4 is 0 Å². The monoisotopic (exact) mass is 1110 g/mol. The van der Waals surface area contributed by atoms with Crippen LogP contribution in [-0.4, -0.2) is 122 Å². The van der Waals surface area contributed by atoms with Gasteiger partial charge in [-0.1, -0.05) is 0 Å². The number of hydrogen-bond acceptors (Lipinski definition) is 8. The molecule has 0 amide bonds. The molecule has 0 spiro atoms. The fourth-order valence-corrected chi connectivity index (χ4v) is 5.30. The molecular formula is C23H14F35O8P. The number of hydrogen-bond donors (Lipinski definition) is 0. The highest BCUT2D eigenvalue weighted by molar-refractivity contribution is 7.53. The largest absolute Gasteiger partial charge is 0.462 e. The molecule has 0 bridgehead atoms. The summed E-state index contributed by atoms with van der Waals surface area (Å²) < 4.78 is 505. The highest BCUT2D eigenvalue weighted by Gasteiger charge is 2.91. The predicted molar refractivity (Wildman–Crippen MR) is 131 cm³/mol. The summed E-state index contributed by atoms with van der Waals surface area (Å²) in [6, 6.07) is 0. The fourth-order valence-electron chi connectivity index (χ4n) is 3.62. The minimum Gasteiger partial charge on any atom is -0.309 e. The van der Waals surface area contributed by atoms with E-state index < -0.39 is 136 Å². The number of ether oxygens (including phenoxy) is 5. The van der Waals surface area contributed by atoms with Gasteiger partial charge in [0.15, 0.2) is 0 Å². The summed E-state index contributed by atoms with van der Waals surface area (Å²) in [7, 11) is -5.35. The van der Waals surface area contributed by atoms with Crippen molar-refractivity contribution >= 4 is 7.60 Å². The Morgan fingerprint density at radius 2 is 0.537 bits per heavy atom. The van der Waals surface area contributed by atoms with Gasteiger partial charge in [-0.15, -0.1) is 0 Å². The summed E-state index contributed by atoms with van der Waals surface area (Å²) >= 11 is 0. The second kappa shape index (κ2) is 18.3. The average Bonchev–Trinajstić information content (AvgIpc) is 3.03. The molecular weight excluding hydrogens is 1100 g/mol. The van der Waals surface area contributed by atoms with Crippen molar-refractivity contribution in [3.63, 3.8) is 0 Å². The average molecular weight is 1110 g/mol. The SMILES string of the molecule is CCOP(=O)(CCC(F)(OC(F)(F)C(F)(OC(F)(F)C(F)(OC(F)(F)C(F)(OC(F)(F)C(F)(OC(F)(F)C(F)(F)C(F)(F)F)C(F)(F)F)C(F)(F)F)C(F)(F)F)C(F)(F)F)C(F)(F)F)OCC. The van der Waals surface area contributed by atoms with Gasteiger partial charge in [-0.25, -0.2) is 4.39 Å². The van der Waals surface area contributed by atoms with Crippen molar-refractivity contribution in [2.24, 2.45) is 0 Å². The zero-order chi connectivity index (χ0) is 54.8. The van der Waals surface area contributed by atoms with Crippen LogP contribution in [0, 0.1) is 0 Å². The van der Waals surface area contributed by atoms with E-state index in [2.05, 4.69) is 9.05 Å². The first-order valence-electron chi connectivity index (χ1n) is 15.1. The number of halogens is 35. The lowest BCUT2D eigenvalue weighted by Crippen LogP contribution is -2.73. The van der Waals surface area contributed by atoms with E-state index in [0.717, 1.165) is 32.8 Å². The van der Waals surface area contributed by atoms with Gasteiger partial charge in [-0.2, -0.15) is 149 Å². The van der Waals surface area contributed by atoms with Crippen molar-refractivity contribution in [2.45, 2.75) is 123 Å². The van der Waals surface area contributed by atoms with Crippen LogP contribution in [0.25, 0.3) is 0 Å². The Bertz CT molecular complexity index is 1710. The van der Waals surface area contributed by atoms with Crippen molar-refractivity contribution in [1.82, 2.24) is 0 Å². The highest BCUT2D eigenvalue weighted by Crippen LogP contribution is 2.63. The Balaban J connectivity index is 8.02. The minimum atomic E-state index is -9.60. The van der Waals surface area contributed by atoms with Gasteiger partial charge in [0.25, 0.3) is 0 Å². The third-order valence-electron chi connectivity index (χ3n) is 6.82. The molecule has 0 aliphatic heterocycles. The van der Waals surface area contributed by atoms with E-state index >= 15 is 0 Å². The zero-order valence-corrected chi connectivity index (χ0v) is 31.2. The molecule has 0 heterocycles. The Kier molecular flexibility index (Phi) is 17.6. The first kappa shape index (κ1) is 64.5. The molecule has 44 heteroatoms. The van der Waals surface area contributed by atoms with Crippen molar-refractivity contribution < 1.29 is 191 Å². The molecule has 0 aliphatic rings. The molecule has 404 valence electrons. The van der Waals surface area contributed by atoms with Crippen LogP contribution in [0.4, 0.5) is 154 Å². The predicted octanol–water partition coefficient (Wildman–Crippen LogP) is 13.0. The molecule has 0 aromatic heterocycles. The smallest absolute Gasteiger partial charge is 0.309 e. The first-order chi connectivity index (χ1) is 28.6. The molecule has 0 fully saturated rings. The Morgan fingerprint density at radius 3 is 0.731 bits per heavy atom. The lowest BCUT2D eigenvalue weighted by atomic mass is 10.2. The maximum atomic E-state index is 14.9. The molecule has 0 rings (SSSR count). The highest BCUT2D eigenvalue weighted by atomic mass is 31.2. The minimum absolute atomic E-state index is 0.756. The van der Waals surface area contributed by atoms with E-state index in [1.165, 1.54) is 0 Å². The summed E-state index contributed by atoms with van der Waals surface area (Å²) in [6.07, 6.45) is -103. The van der Waals surface area contributed by atoms with Crippen LogP contribution in [0.5, 0.6) is 0 Å². The molecule has 5 atom stereocenters. The lowest BCUT2D eigenvalue weighted by molar-refractivity contribution is -0.600. The maximum absolute atomic E-state index is 14.9. The van der Waals surface area contributed by atoms with Crippen LogP contribution in [0.15, 0.2) is 0 Å². The second-order valence-corrected chi connectivity index (χ2v) is 13.9. The summed E-state index contributed by atoms with van der Waals surface area (Å²) in [5, 5.41) is 0. The second-order valence-electron chi connectivity index (χ2n) is 11.7. The number of rotatable bonds is 22. The first-order valence-corrected chi connectivity index (χ1v) is 16.8. The van der Waals surface area contributed by atoms with E-state index in [1.807, 2.05) is 4.74 Å². The van der Waals surface area contributed by atoms with Crippen molar-refractivity contribution in [3.05, 3.63) is 0 Å². The zero-order valence-electron chi connectivity index (χ0n) is 30.3. The molecule has 67 heavy (non-hydrogen) atoms. The van der Waals surface area contributed by atoms with Gasteiger partial charge in [0.1, 0.15) is 0 Å². The van der Waals surface area contributed by atoms with Crippen LogP contribution in [0.2, 0.25) is 0 Å². The molecule has 0 aromatic carbocycles. The summed E-state index contributed by atoms with van der Waals surface area (Å²) in [5.41, 5.74) is 0. The topological polar surface area (TPSA) is 81.7 Å². The fraction of sp³-hybridized carbons (Fsp3) is 1.00. The van der Waals surface area contributed by atoms with Crippen LogP contribution in [0.3, 0.4) is 0 Å². The summed E-state index contributed by atoms with van der Waals surface area (Å²) in [6.45, 7) is -0.434. The van der Waals surface area contributed by atoms with Gasteiger partial charge in [0.2, 0.25) is 0 Å². The van der Waals surface area contributed by atoms with Gasteiger partial charge in [-0.3, -0.25) is 28.2 Å². The Hall–Kier alpha value is -2.50. The van der Waals surface area contributed by atoms with Crippen LogP contribution in [0.1, 0.15) is 20.3 Å². The summed E-state index contributed by atoms with van der Waals surface area (Å²) in [5.74, 6) is -52.9. The van der Waals surface area contributed by atoms with Crippen molar-refractivity contribution in [1.29, 1.82) is 0 Å². The standard InChI is InChI=1S/C23H14F35O8P/c1-3-60-67(59,61-4-2)6-5-7(24,13(31,32)33)62-20(51,52)9(27,15(37,38)39)64-22(55,56)11(29,17(43,44)45)66-23(57,58)12(30,18(46,47)48)65-21(53,54)10(28,16(40,41)42)63-19(49,50)8(25,26)14(34,35)36/h3-6H2,1-2H3. The molecule has 5 unspecified atom stereocenters. The van der Waals surface area contributed by atoms with Crippen molar-refractivity contribution in [3.8, 4) is 0 Å². The van der Waals surface area contributed by atoms with Gasteiger partial charge >= 0.3 is 110 Å². The summed E-state index contributed by atoms with van der Waals surface area (Å²) in [4.78, 5) is 0. The van der Waals surface area contributed by atoms with E-state index in [-0.39, 0.29) is 0 Å². The normalized spacial score (nSPS) is 20.1. The lowest BCUT2D eigenvalue weighted by Gasteiger charge is -2.44. The van der Waals surface area contributed by atoms with Gasteiger partial charge in [-0.05, 0) is 13.8 Å². The molecule has 0 aromatic rings. The van der Waals surface area contributed by atoms with Gasteiger partial charge in [0.05, 0.1) is 19.4 Å². The van der Waals surface area contributed by atoms with E-state index in [4.69, 9.17) is 0 Å². The molecule has 0 N–H and O–H groups in total. The van der Waals surface area contributed by atoms with E-state index in [9.17, 15) is 158 Å².